The molecule has 0 N–H and O–H groups in total. The third kappa shape index (κ3) is 2.87. The van der Waals surface area contributed by atoms with Gasteiger partial charge >= 0.3 is 0 Å². The summed E-state index contributed by atoms with van der Waals surface area (Å²) in [6.07, 6.45) is 0.942. The molecule has 0 fully saturated rings. The molecule has 1 aliphatic rings. The first-order valence-corrected chi connectivity index (χ1v) is 8.56. The molecule has 1 heterocycles. The lowest BCUT2D eigenvalue weighted by atomic mass is 10.0. The Bertz CT molecular complexity index is 653. The molecule has 0 aliphatic carbocycles. The van der Waals surface area contributed by atoms with Gasteiger partial charge in [-0.15, -0.1) is 0 Å². The van der Waals surface area contributed by atoms with E-state index in [0.717, 1.165) is 34.4 Å². The van der Waals surface area contributed by atoms with Gasteiger partial charge in [0.15, 0.2) is 0 Å². The molecule has 0 amide bonds. The van der Waals surface area contributed by atoms with Crippen molar-refractivity contribution in [2.75, 3.05) is 6.61 Å². The molecule has 1 nitrogen and oxygen atoms in total. The fourth-order valence-corrected chi connectivity index (χ4v) is 4.06. The van der Waals surface area contributed by atoms with Gasteiger partial charge < -0.3 is 4.74 Å². The lowest BCUT2D eigenvalue weighted by Crippen LogP contribution is -1.97. The van der Waals surface area contributed by atoms with Crippen LogP contribution in [0.25, 0.3) is 0 Å². The number of hydrogen-bond donors (Lipinski definition) is 0. The third-order valence-electron chi connectivity index (χ3n) is 3.23. The fourth-order valence-electron chi connectivity index (χ4n) is 2.39. The van der Waals surface area contributed by atoms with Crippen molar-refractivity contribution in [1.29, 1.82) is 0 Å². The molecule has 0 bridgehead atoms. The van der Waals surface area contributed by atoms with Gasteiger partial charge in [-0.2, -0.15) is 0 Å². The minimum atomic E-state index is -0.0111. The van der Waals surface area contributed by atoms with Crippen LogP contribution in [0.5, 0.6) is 5.75 Å². The fraction of sp³-hybridized carbons (Fsp3) is 0.200. The van der Waals surface area contributed by atoms with Gasteiger partial charge in [-0.1, -0.05) is 55.1 Å². The Morgan fingerprint density at radius 1 is 1.05 bits per heavy atom. The highest BCUT2D eigenvalue weighted by atomic mass is 79.9. The molecule has 1 atom stereocenters. The zero-order valence-corrected chi connectivity index (χ0v) is 15.0. The first-order valence-electron chi connectivity index (χ1n) is 6.10. The molecule has 1 aliphatic heterocycles. The third-order valence-corrected chi connectivity index (χ3v) is 5.14. The second-order valence-corrected chi connectivity index (χ2v) is 7.35. The Labute approximate surface area is 144 Å². The summed E-state index contributed by atoms with van der Waals surface area (Å²) in [4.78, 5) is -0.0111. The Hall–Kier alpha value is -0.220. The van der Waals surface area contributed by atoms with Crippen molar-refractivity contribution >= 4 is 55.1 Å². The standard InChI is InChI=1S/C15H10Br2Cl2O/c16-10-3-8-1-2-20-15(8)13(6-10)14(17)9-4-11(18)7-12(19)5-9/h3-7,14H,1-2H2. The number of ether oxygens (including phenoxy) is 1. The largest absolute Gasteiger partial charge is 0.493 e. The van der Waals surface area contributed by atoms with Crippen molar-refractivity contribution in [2.24, 2.45) is 0 Å². The van der Waals surface area contributed by atoms with E-state index >= 15 is 0 Å². The first-order chi connectivity index (χ1) is 9.54. The van der Waals surface area contributed by atoms with Gasteiger partial charge in [0, 0.05) is 26.5 Å². The average molecular weight is 437 g/mol. The highest BCUT2D eigenvalue weighted by molar-refractivity contribution is 9.10. The van der Waals surface area contributed by atoms with Crippen LogP contribution in [0, 0.1) is 0 Å². The average Bonchev–Trinajstić information content (AvgIpc) is 2.83. The first kappa shape index (κ1) is 14.7. The van der Waals surface area contributed by atoms with Crippen molar-refractivity contribution in [1.82, 2.24) is 0 Å². The maximum Gasteiger partial charge on any atom is 0.127 e. The number of hydrogen-bond acceptors (Lipinski definition) is 1. The van der Waals surface area contributed by atoms with Crippen molar-refractivity contribution in [3.63, 3.8) is 0 Å². The van der Waals surface area contributed by atoms with Crippen molar-refractivity contribution in [2.45, 2.75) is 11.2 Å². The van der Waals surface area contributed by atoms with Crippen molar-refractivity contribution in [3.05, 3.63) is 61.5 Å². The van der Waals surface area contributed by atoms with E-state index in [9.17, 15) is 0 Å². The number of rotatable bonds is 2. The SMILES string of the molecule is Clc1cc(Cl)cc(C(Br)c2cc(Br)cc3c2OCC3)c1. The maximum absolute atomic E-state index is 6.08. The highest BCUT2D eigenvalue weighted by Crippen LogP contribution is 2.43. The van der Waals surface area contributed by atoms with E-state index in [2.05, 4.69) is 44.0 Å². The van der Waals surface area contributed by atoms with E-state index in [1.165, 1.54) is 5.56 Å². The van der Waals surface area contributed by atoms with Crippen LogP contribution in [0.2, 0.25) is 10.0 Å². The summed E-state index contributed by atoms with van der Waals surface area (Å²) in [5.74, 6) is 0.964. The van der Waals surface area contributed by atoms with Gasteiger partial charge in [0.2, 0.25) is 0 Å². The Morgan fingerprint density at radius 3 is 2.45 bits per heavy atom. The van der Waals surface area contributed by atoms with Crippen LogP contribution in [0.1, 0.15) is 21.5 Å². The molecule has 2 aromatic rings. The topological polar surface area (TPSA) is 9.23 Å². The van der Waals surface area contributed by atoms with Crippen LogP contribution >= 0.6 is 55.1 Å². The molecule has 5 heteroatoms. The summed E-state index contributed by atoms with van der Waals surface area (Å²) in [6.45, 7) is 0.731. The molecule has 20 heavy (non-hydrogen) atoms. The molecule has 0 aromatic heterocycles. The molecule has 104 valence electrons. The van der Waals surface area contributed by atoms with Crippen LogP contribution in [0.15, 0.2) is 34.8 Å². The van der Waals surface area contributed by atoms with Gasteiger partial charge in [-0.25, -0.2) is 0 Å². The predicted octanol–water partition coefficient (Wildman–Crippen LogP) is 6.18. The molecule has 3 rings (SSSR count). The molecule has 0 radical (unpaired) electrons. The zero-order chi connectivity index (χ0) is 14.3. The maximum atomic E-state index is 6.08. The summed E-state index contributed by atoms with van der Waals surface area (Å²) in [5.41, 5.74) is 3.33. The normalized spacial score (nSPS) is 14.8. The summed E-state index contributed by atoms with van der Waals surface area (Å²) in [5, 5.41) is 1.26. The van der Waals surface area contributed by atoms with Crippen molar-refractivity contribution in [3.8, 4) is 5.75 Å². The van der Waals surface area contributed by atoms with Crippen LogP contribution < -0.4 is 4.74 Å². The van der Waals surface area contributed by atoms with Crippen LogP contribution in [0.4, 0.5) is 0 Å². The van der Waals surface area contributed by atoms with Gasteiger partial charge in [-0.3, -0.25) is 0 Å². The quantitative estimate of drug-likeness (QED) is 0.511. The molecule has 0 saturated heterocycles. The summed E-state index contributed by atoms with van der Waals surface area (Å²) in [7, 11) is 0. The second-order valence-electron chi connectivity index (χ2n) is 4.65. The van der Waals surface area contributed by atoms with E-state index in [0.29, 0.717) is 10.0 Å². The summed E-state index contributed by atoms with van der Waals surface area (Å²) < 4.78 is 6.82. The lowest BCUT2D eigenvalue weighted by molar-refractivity contribution is 0.354. The molecule has 0 spiro atoms. The minimum Gasteiger partial charge on any atom is -0.493 e. The van der Waals surface area contributed by atoms with Gasteiger partial charge in [0.05, 0.1) is 11.4 Å². The zero-order valence-electron chi connectivity index (χ0n) is 10.3. The van der Waals surface area contributed by atoms with Crippen LogP contribution in [-0.4, -0.2) is 6.61 Å². The van der Waals surface area contributed by atoms with E-state index in [1.807, 2.05) is 12.1 Å². The van der Waals surface area contributed by atoms with E-state index in [-0.39, 0.29) is 4.83 Å². The number of halogens is 4. The number of fused-ring (bicyclic) bond motifs is 1. The van der Waals surface area contributed by atoms with E-state index in [4.69, 9.17) is 27.9 Å². The monoisotopic (exact) mass is 434 g/mol. The van der Waals surface area contributed by atoms with E-state index in [1.54, 1.807) is 6.07 Å². The second kappa shape index (κ2) is 5.88. The molecule has 2 aromatic carbocycles. The van der Waals surface area contributed by atoms with Gasteiger partial charge in [-0.05, 0) is 41.5 Å². The molecule has 0 saturated carbocycles. The molecule has 1 unspecified atom stereocenters. The lowest BCUT2D eigenvalue weighted by Gasteiger charge is -2.16. The van der Waals surface area contributed by atoms with Gasteiger partial charge in [0.25, 0.3) is 0 Å². The summed E-state index contributed by atoms with van der Waals surface area (Å²) in [6, 6.07) is 9.73. The van der Waals surface area contributed by atoms with Crippen LogP contribution in [-0.2, 0) is 6.42 Å². The smallest absolute Gasteiger partial charge is 0.127 e. The van der Waals surface area contributed by atoms with Gasteiger partial charge in [0.1, 0.15) is 5.75 Å². The minimum absolute atomic E-state index is 0.0111. The molecular formula is C15H10Br2Cl2O. The Balaban J connectivity index is 2.08. The number of alkyl halides is 1. The Morgan fingerprint density at radius 2 is 1.75 bits per heavy atom. The van der Waals surface area contributed by atoms with E-state index < -0.39 is 0 Å². The number of benzene rings is 2. The van der Waals surface area contributed by atoms with Crippen LogP contribution in [0.3, 0.4) is 0 Å². The predicted molar refractivity (Wildman–Crippen MR) is 90.6 cm³/mol. The summed E-state index contributed by atoms with van der Waals surface area (Å²) >= 11 is 19.5. The van der Waals surface area contributed by atoms with Crippen molar-refractivity contribution < 1.29 is 4.74 Å². The Kier molecular flexibility index (Phi) is 4.32. The molecular weight excluding hydrogens is 427 g/mol. The highest BCUT2D eigenvalue weighted by Gasteiger charge is 2.23.